The number of hydrogen-bond acceptors (Lipinski definition) is 0. The molecule has 0 radical (unpaired) electrons. The van der Waals surface area contributed by atoms with Gasteiger partial charge in [0.1, 0.15) is 0 Å². The van der Waals surface area contributed by atoms with E-state index in [1.165, 1.54) is 101 Å². The Morgan fingerprint density at radius 1 is 0.348 bits per heavy atom. The van der Waals surface area contributed by atoms with Crippen LogP contribution in [0.1, 0.15) is 135 Å². The van der Waals surface area contributed by atoms with E-state index in [4.69, 9.17) is 0 Å². The zero-order valence-electron chi connectivity index (χ0n) is 28.3. The summed E-state index contributed by atoms with van der Waals surface area (Å²) in [5.41, 5.74) is 9.36. The first kappa shape index (κ1) is 34.6. The van der Waals surface area contributed by atoms with Crippen LogP contribution in [0.5, 0.6) is 0 Å². The van der Waals surface area contributed by atoms with Crippen LogP contribution in [0.2, 0.25) is 0 Å². The summed E-state index contributed by atoms with van der Waals surface area (Å²) in [6.45, 7) is 4.54. The molecule has 236 valence electrons. The number of unbranched alkanes of at least 4 members (excludes halogenated alkanes) is 10. The largest absolute Gasteiger partial charge is 0.0654 e. The quantitative estimate of drug-likeness (QED) is 0.0678. The van der Waals surface area contributed by atoms with Crippen molar-refractivity contribution in [2.75, 3.05) is 0 Å². The van der Waals surface area contributed by atoms with E-state index in [-0.39, 0.29) is 0 Å². The number of rotatable bonds is 16. The maximum Gasteiger partial charge on any atom is 0.0249 e. The van der Waals surface area contributed by atoms with E-state index in [0.29, 0.717) is 0 Å². The average Bonchev–Trinajstić information content (AvgIpc) is 3.10. The monoisotopic (exact) mass is 604 g/mol. The summed E-state index contributed by atoms with van der Waals surface area (Å²) in [7, 11) is 0. The number of hydrogen-bond donors (Lipinski definition) is 0. The van der Waals surface area contributed by atoms with Gasteiger partial charge in [0.25, 0.3) is 0 Å². The molecule has 0 spiro atoms. The van der Waals surface area contributed by atoms with Gasteiger partial charge in [0.15, 0.2) is 0 Å². The Kier molecular flexibility index (Phi) is 15.6. The fourth-order valence-electron chi connectivity index (χ4n) is 5.56. The van der Waals surface area contributed by atoms with Crippen molar-refractivity contribution in [1.82, 2.24) is 0 Å². The second kappa shape index (κ2) is 20.7. The summed E-state index contributed by atoms with van der Waals surface area (Å²) >= 11 is 0. The van der Waals surface area contributed by atoms with Gasteiger partial charge in [-0.2, -0.15) is 0 Å². The molecule has 0 N–H and O–H groups in total. The van der Waals surface area contributed by atoms with Crippen LogP contribution in [0, 0.1) is 23.7 Å². The van der Waals surface area contributed by atoms with E-state index in [1.807, 2.05) is 0 Å². The lowest BCUT2D eigenvalue weighted by Crippen LogP contribution is -1.87. The lowest BCUT2D eigenvalue weighted by molar-refractivity contribution is 0.607. The van der Waals surface area contributed by atoms with E-state index in [0.717, 1.165) is 33.4 Å². The van der Waals surface area contributed by atoms with Crippen LogP contribution in [-0.2, 0) is 12.8 Å². The lowest BCUT2D eigenvalue weighted by atomic mass is 10.0. The summed E-state index contributed by atoms with van der Waals surface area (Å²) in [5, 5.41) is 0. The minimum Gasteiger partial charge on any atom is -0.0654 e. The average molecular weight is 605 g/mol. The molecule has 0 aliphatic rings. The molecule has 0 fully saturated rings. The highest BCUT2D eigenvalue weighted by atomic mass is 14.0. The molecule has 0 bridgehead atoms. The zero-order valence-corrected chi connectivity index (χ0v) is 28.3. The van der Waals surface area contributed by atoms with Crippen molar-refractivity contribution in [3.05, 3.63) is 142 Å². The molecule has 0 amide bonds. The second-order valence-corrected chi connectivity index (χ2v) is 12.5. The molecule has 0 saturated heterocycles. The molecule has 4 rings (SSSR count). The van der Waals surface area contributed by atoms with Crippen molar-refractivity contribution >= 4 is 12.2 Å². The molecule has 0 aromatic heterocycles. The fraction of sp³-hybridized carbons (Fsp3) is 0.348. The van der Waals surface area contributed by atoms with Gasteiger partial charge in [-0.05, 0) is 96.5 Å². The third-order valence-electron chi connectivity index (χ3n) is 8.54. The molecule has 0 heterocycles. The van der Waals surface area contributed by atoms with Gasteiger partial charge in [-0.15, -0.1) is 0 Å². The SMILES string of the molecule is CCCCCCCCc1ccc(C#Cc2ccc(C=Cc3ccc(C#Cc4ccc(CCCCCCCC)cc4)cc3)cc2)cc1. The van der Waals surface area contributed by atoms with Crippen molar-refractivity contribution in [3.8, 4) is 23.7 Å². The summed E-state index contributed by atoms with van der Waals surface area (Å²) in [6.07, 6.45) is 22.7. The summed E-state index contributed by atoms with van der Waals surface area (Å²) in [4.78, 5) is 0. The van der Waals surface area contributed by atoms with Gasteiger partial charge < -0.3 is 0 Å². The Bertz CT molecular complexity index is 1440. The molecule has 0 heteroatoms. The molecular weight excluding hydrogens is 553 g/mol. The Morgan fingerprint density at radius 2 is 0.630 bits per heavy atom. The highest BCUT2D eigenvalue weighted by Crippen LogP contribution is 2.14. The molecule has 0 aliphatic heterocycles. The Hall–Kier alpha value is -4.26. The first-order valence-corrected chi connectivity index (χ1v) is 17.8. The molecule has 0 unspecified atom stereocenters. The van der Waals surface area contributed by atoms with E-state index < -0.39 is 0 Å². The van der Waals surface area contributed by atoms with Crippen LogP contribution in [-0.4, -0.2) is 0 Å². The minimum atomic E-state index is 1.03. The van der Waals surface area contributed by atoms with Gasteiger partial charge in [-0.1, -0.05) is 162 Å². The second-order valence-electron chi connectivity index (χ2n) is 12.5. The van der Waals surface area contributed by atoms with Gasteiger partial charge >= 0.3 is 0 Å². The first-order valence-electron chi connectivity index (χ1n) is 17.8. The normalized spacial score (nSPS) is 10.7. The Balaban J connectivity index is 1.20. The van der Waals surface area contributed by atoms with Crippen LogP contribution in [0.3, 0.4) is 0 Å². The molecule has 0 atom stereocenters. The van der Waals surface area contributed by atoms with E-state index >= 15 is 0 Å². The van der Waals surface area contributed by atoms with Crippen LogP contribution >= 0.6 is 0 Å². The van der Waals surface area contributed by atoms with Crippen molar-refractivity contribution in [1.29, 1.82) is 0 Å². The van der Waals surface area contributed by atoms with E-state index in [9.17, 15) is 0 Å². The third-order valence-corrected chi connectivity index (χ3v) is 8.54. The van der Waals surface area contributed by atoms with Crippen molar-refractivity contribution in [2.24, 2.45) is 0 Å². The Morgan fingerprint density at radius 3 is 0.957 bits per heavy atom. The summed E-state index contributed by atoms with van der Waals surface area (Å²) in [5.74, 6) is 13.3. The Labute approximate surface area is 280 Å². The van der Waals surface area contributed by atoms with Crippen molar-refractivity contribution < 1.29 is 0 Å². The molecular formula is C46H52. The van der Waals surface area contributed by atoms with Crippen LogP contribution < -0.4 is 0 Å². The smallest absolute Gasteiger partial charge is 0.0249 e. The van der Waals surface area contributed by atoms with Crippen molar-refractivity contribution in [2.45, 2.75) is 104 Å². The maximum atomic E-state index is 3.32. The predicted molar refractivity (Wildman–Crippen MR) is 201 cm³/mol. The van der Waals surface area contributed by atoms with Gasteiger partial charge in [-0.25, -0.2) is 0 Å². The molecule has 4 aromatic carbocycles. The minimum absolute atomic E-state index is 1.03. The van der Waals surface area contributed by atoms with E-state index in [2.05, 4.69) is 147 Å². The molecule has 0 nitrogen and oxygen atoms in total. The van der Waals surface area contributed by atoms with Gasteiger partial charge in [-0.3, -0.25) is 0 Å². The van der Waals surface area contributed by atoms with Gasteiger partial charge in [0.05, 0.1) is 0 Å². The first-order chi connectivity index (χ1) is 22.7. The van der Waals surface area contributed by atoms with E-state index in [1.54, 1.807) is 0 Å². The maximum absolute atomic E-state index is 3.32. The number of benzene rings is 4. The number of aryl methyl sites for hydroxylation is 2. The fourth-order valence-corrected chi connectivity index (χ4v) is 5.56. The topological polar surface area (TPSA) is 0 Å². The van der Waals surface area contributed by atoms with Crippen LogP contribution in [0.25, 0.3) is 12.2 Å². The predicted octanol–water partition coefficient (Wildman–Crippen LogP) is 12.5. The van der Waals surface area contributed by atoms with Crippen LogP contribution in [0.4, 0.5) is 0 Å². The standard InChI is InChI=1S/C46H52/c1-3-5-7-9-11-13-15-39-17-21-41(22-18-39)25-27-43-29-33-45(34-30-43)37-38-46-35-31-44(32-36-46)28-26-42-23-19-40(20-24-42)16-14-12-10-8-6-4-2/h17-24,29-38H,3-16H2,1-2H3. The summed E-state index contributed by atoms with van der Waals surface area (Å²) in [6, 6.07) is 34.5. The summed E-state index contributed by atoms with van der Waals surface area (Å²) < 4.78 is 0. The third kappa shape index (κ3) is 13.4. The highest BCUT2D eigenvalue weighted by Gasteiger charge is 1.97. The molecule has 46 heavy (non-hydrogen) atoms. The zero-order chi connectivity index (χ0) is 32.1. The molecule has 4 aromatic rings. The van der Waals surface area contributed by atoms with Gasteiger partial charge in [0.2, 0.25) is 0 Å². The molecule has 0 aliphatic carbocycles. The van der Waals surface area contributed by atoms with Crippen molar-refractivity contribution in [3.63, 3.8) is 0 Å². The van der Waals surface area contributed by atoms with Gasteiger partial charge in [0, 0.05) is 22.3 Å². The molecule has 0 saturated carbocycles. The van der Waals surface area contributed by atoms with Crippen LogP contribution in [0.15, 0.2) is 97.1 Å². The lowest BCUT2D eigenvalue weighted by Gasteiger charge is -2.02. The highest BCUT2D eigenvalue weighted by molar-refractivity contribution is 5.70.